The summed E-state index contributed by atoms with van der Waals surface area (Å²) in [4.78, 5) is 21.0. The van der Waals surface area contributed by atoms with Crippen LogP contribution in [-0.4, -0.2) is 21.0 Å². The summed E-state index contributed by atoms with van der Waals surface area (Å²) in [6.07, 6.45) is 5.83. The summed E-state index contributed by atoms with van der Waals surface area (Å²) < 4.78 is 5.20. The molecule has 0 spiro atoms. The summed E-state index contributed by atoms with van der Waals surface area (Å²) in [5, 5.41) is 7.17. The first-order chi connectivity index (χ1) is 12.7. The highest BCUT2D eigenvalue weighted by atomic mass is 16.5. The quantitative estimate of drug-likeness (QED) is 0.781. The maximum absolute atomic E-state index is 12.6. The molecule has 6 heteroatoms. The number of carbonyl (C=O) groups excluding carboxylic acids is 1. The van der Waals surface area contributed by atoms with Gasteiger partial charge in [-0.1, -0.05) is 24.2 Å². The summed E-state index contributed by atoms with van der Waals surface area (Å²) in [6.45, 7) is 3.90. The van der Waals surface area contributed by atoms with Crippen LogP contribution in [0.2, 0.25) is 0 Å². The molecule has 0 aliphatic heterocycles. The fourth-order valence-electron chi connectivity index (χ4n) is 3.36. The van der Waals surface area contributed by atoms with Gasteiger partial charge in [-0.15, -0.1) is 0 Å². The van der Waals surface area contributed by atoms with E-state index in [2.05, 4.69) is 32.6 Å². The Labute approximate surface area is 151 Å². The molecular formula is C20H20N4O2. The van der Waals surface area contributed by atoms with E-state index in [0.29, 0.717) is 17.3 Å². The van der Waals surface area contributed by atoms with E-state index in [4.69, 9.17) is 4.52 Å². The minimum atomic E-state index is -0.0803. The fraction of sp³-hybridized carbons (Fsp3) is 0.300. The van der Waals surface area contributed by atoms with E-state index in [0.717, 1.165) is 36.0 Å². The predicted octanol–water partition coefficient (Wildman–Crippen LogP) is 3.42. The third-order valence-corrected chi connectivity index (χ3v) is 4.84. The number of nitrogens with zero attached hydrogens (tertiary/aromatic N) is 3. The molecule has 132 valence electrons. The van der Waals surface area contributed by atoms with Crippen molar-refractivity contribution in [1.29, 1.82) is 0 Å². The Balaban J connectivity index is 1.55. The molecule has 0 bridgehead atoms. The lowest BCUT2D eigenvalue weighted by molar-refractivity contribution is 0.0935. The van der Waals surface area contributed by atoms with Crippen molar-refractivity contribution in [3.63, 3.8) is 0 Å². The van der Waals surface area contributed by atoms with Gasteiger partial charge in [-0.25, -0.2) is 0 Å². The second kappa shape index (κ2) is 6.71. The van der Waals surface area contributed by atoms with Crippen molar-refractivity contribution in [3.8, 4) is 11.4 Å². The molecular weight excluding hydrogens is 328 g/mol. The smallest absolute Gasteiger partial charge is 0.253 e. The van der Waals surface area contributed by atoms with Gasteiger partial charge in [-0.3, -0.25) is 9.78 Å². The molecule has 2 aromatic heterocycles. The average Bonchev–Trinajstić information content (AvgIpc) is 3.29. The molecule has 4 rings (SSSR count). The number of nitrogens with one attached hydrogen (secondary N) is 1. The van der Waals surface area contributed by atoms with Crippen LogP contribution in [0.25, 0.3) is 11.4 Å². The van der Waals surface area contributed by atoms with Crippen molar-refractivity contribution in [3.05, 3.63) is 64.8 Å². The van der Waals surface area contributed by atoms with E-state index < -0.39 is 0 Å². The second-order valence-electron chi connectivity index (χ2n) is 6.53. The lowest BCUT2D eigenvalue weighted by atomic mass is 10.0. The second-order valence-corrected chi connectivity index (χ2v) is 6.53. The maximum atomic E-state index is 12.6. The Morgan fingerprint density at radius 3 is 3.00 bits per heavy atom. The molecule has 1 aliphatic carbocycles. The zero-order valence-electron chi connectivity index (χ0n) is 14.8. The third-order valence-electron chi connectivity index (χ3n) is 4.84. The highest BCUT2D eigenvalue weighted by Crippen LogP contribution is 2.34. The topological polar surface area (TPSA) is 80.9 Å². The molecule has 0 fully saturated rings. The molecule has 1 atom stereocenters. The first kappa shape index (κ1) is 16.4. The van der Waals surface area contributed by atoms with Crippen LogP contribution in [0.15, 0.2) is 41.2 Å². The molecule has 1 unspecified atom stereocenters. The zero-order chi connectivity index (χ0) is 18.1. The highest BCUT2D eigenvalue weighted by molar-refractivity contribution is 5.95. The minimum Gasteiger partial charge on any atom is -0.345 e. The summed E-state index contributed by atoms with van der Waals surface area (Å²) in [6, 6.07) is 8.01. The number of hydrogen-bond acceptors (Lipinski definition) is 5. The predicted molar refractivity (Wildman–Crippen MR) is 96.6 cm³/mol. The molecule has 2 heterocycles. The number of aromatic nitrogens is 3. The first-order valence-electron chi connectivity index (χ1n) is 8.83. The summed E-state index contributed by atoms with van der Waals surface area (Å²) in [7, 11) is 0. The van der Waals surface area contributed by atoms with Crippen LogP contribution in [0.3, 0.4) is 0 Å². The lowest BCUT2D eigenvalue weighted by Crippen LogP contribution is -2.27. The normalized spacial score (nSPS) is 15.7. The van der Waals surface area contributed by atoms with E-state index in [1.807, 2.05) is 26.0 Å². The van der Waals surface area contributed by atoms with Crippen LogP contribution in [-0.2, 0) is 12.8 Å². The van der Waals surface area contributed by atoms with Gasteiger partial charge in [0.1, 0.15) is 0 Å². The van der Waals surface area contributed by atoms with E-state index in [9.17, 15) is 4.79 Å². The molecule has 26 heavy (non-hydrogen) atoms. The van der Waals surface area contributed by atoms with E-state index in [1.165, 1.54) is 5.56 Å². The molecule has 6 nitrogen and oxygen atoms in total. The van der Waals surface area contributed by atoms with Gasteiger partial charge in [-0.05, 0) is 48.6 Å². The number of rotatable bonds is 4. The van der Waals surface area contributed by atoms with Gasteiger partial charge in [0.25, 0.3) is 5.91 Å². The fourth-order valence-corrected chi connectivity index (χ4v) is 3.36. The van der Waals surface area contributed by atoms with E-state index in [1.54, 1.807) is 12.4 Å². The number of benzene rings is 1. The molecule has 3 aromatic rings. The van der Waals surface area contributed by atoms with Crippen LogP contribution < -0.4 is 5.32 Å². The summed E-state index contributed by atoms with van der Waals surface area (Å²) in [5.74, 6) is 1.17. The monoisotopic (exact) mass is 348 g/mol. The Morgan fingerprint density at radius 2 is 2.23 bits per heavy atom. The van der Waals surface area contributed by atoms with Crippen molar-refractivity contribution in [1.82, 2.24) is 20.4 Å². The van der Waals surface area contributed by atoms with Crippen molar-refractivity contribution in [2.75, 3.05) is 0 Å². The first-order valence-corrected chi connectivity index (χ1v) is 8.83. The number of carbonyl (C=O) groups is 1. The average molecular weight is 348 g/mol. The maximum Gasteiger partial charge on any atom is 0.253 e. The summed E-state index contributed by atoms with van der Waals surface area (Å²) in [5.41, 5.74) is 4.87. The van der Waals surface area contributed by atoms with Crippen molar-refractivity contribution in [2.24, 2.45) is 0 Å². The number of fused-ring (bicyclic) bond motifs is 1. The van der Waals surface area contributed by atoms with Gasteiger partial charge < -0.3 is 9.84 Å². The van der Waals surface area contributed by atoms with Crippen molar-refractivity contribution >= 4 is 5.91 Å². The van der Waals surface area contributed by atoms with Gasteiger partial charge in [-0.2, -0.15) is 4.98 Å². The number of amides is 1. The Kier molecular flexibility index (Phi) is 4.24. The largest absolute Gasteiger partial charge is 0.345 e. The Hall–Kier alpha value is -3.02. The van der Waals surface area contributed by atoms with E-state index in [-0.39, 0.29) is 11.9 Å². The van der Waals surface area contributed by atoms with Gasteiger partial charge in [0.05, 0.1) is 11.6 Å². The molecule has 0 saturated carbocycles. The van der Waals surface area contributed by atoms with Crippen LogP contribution in [0, 0.1) is 6.92 Å². The van der Waals surface area contributed by atoms with Crippen LogP contribution in [0.4, 0.5) is 0 Å². The molecule has 0 saturated heterocycles. The van der Waals surface area contributed by atoms with Crippen LogP contribution >= 0.6 is 0 Å². The minimum absolute atomic E-state index is 0.0163. The van der Waals surface area contributed by atoms with Gasteiger partial charge in [0, 0.05) is 24.4 Å². The standard InChI is InChI=1S/C20H20N4O2/c1-3-18-23-19(24-26-18)14-4-6-15-13(10-14)5-7-17(15)22-20(25)16-11-21-9-8-12(16)2/h4,6,8-11,17H,3,5,7H2,1-2H3,(H,22,25). The van der Waals surface area contributed by atoms with E-state index >= 15 is 0 Å². The van der Waals surface area contributed by atoms with Crippen LogP contribution in [0.1, 0.15) is 52.3 Å². The number of pyridine rings is 1. The Morgan fingerprint density at radius 1 is 1.35 bits per heavy atom. The molecule has 1 amide bonds. The molecule has 0 radical (unpaired) electrons. The van der Waals surface area contributed by atoms with Crippen molar-refractivity contribution < 1.29 is 9.32 Å². The SMILES string of the molecule is CCc1nc(-c2ccc3c(c2)CCC3NC(=O)c2cnccc2C)no1. The lowest BCUT2D eigenvalue weighted by Gasteiger charge is -2.15. The van der Waals surface area contributed by atoms with Gasteiger partial charge >= 0.3 is 0 Å². The van der Waals surface area contributed by atoms with Crippen molar-refractivity contribution in [2.45, 2.75) is 39.2 Å². The third kappa shape index (κ3) is 2.98. The van der Waals surface area contributed by atoms with Gasteiger partial charge in [0.2, 0.25) is 11.7 Å². The van der Waals surface area contributed by atoms with Crippen LogP contribution in [0.5, 0.6) is 0 Å². The summed E-state index contributed by atoms with van der Waals surface area (Å²) >= 11 is 0. The zero-order valence-corrected chi connectivity index (χ0v) is 14.8. The Bertz CT molecular complexity index is 964. The highest BCUT2D eigenvalue weighted by Gasteiger charge is 2.25. The van der Waals surface area contributed by atoms with Gasteiger partial charge in [0.15, 0.2) is 0 Å². The molecule has 1 N–H and O–H groups in total. The number of hydrogen-bond donors (Lipinski definition) is 1. The molecule has 1 aromatic carbocycles. The number of aryl methyl sites for hydroxylation is 3. The molecule has 1 aliphatic rings.